The lowest BCUT2D eigenvalue weighted by Crippen LogP contribution is -2.38. The molecule has 0 unspecified atom stereocenters. The molecule has 7 nitrogen and oxygen atoms in total. The van der Waals surface area contributed by atoms with Crippen LogP contribution in [0.2, 0.25) is 0 Å². The molecule has 0 saturated carbocycles. The number of piperidine rings is 1. The summed E-state index contributed by atoms with van der Waals surface area (Å²) in [4.78, 5) is 28.3. The molecule has 1 amide bonds. The number of hydrogen-bond acceptors (Lipinski definition) is 7. The Bertz CT molecular complexity index is 1190. The summed E-state index contributed by atoms with van der Waals surface area (Å²) in [5.41, 5.74) is 2.98. The first-order chi connectivity index (χ1) is 14.6. The van der Waals surface area contributed by atoms with Crippen LogP contribution in [0, 0.1) is 13.8 Å². The molecule has 3 aromatic heterocycles. The molecule has 0 radical (unpaired) electrons. The second kappa shape index (κ2) is 7.96. The topological polar surface area (TPSA) is 76.3 Å². The van der Waals surface area contributed by atoms with Crippen molar-refractivity contribution in [3.63, 3.8) is 0 Å². The number of benzene rings is 1. The summed E-state index contributed by atoms with van der Waals surface area (Å²) in [5, 5.41) is 6.26. The van der Waals surface area contributed by atoms with Gasteiger partial charge in [-0.05, 0) is 44.9 Å². The third-order valence-electron chi connectivity index (χ3n) is 5.43. The molecule has 9 heteroatoms. The van der Waals surface area contributed by atoms with E-state index in [0.717, 1.165) is 42.8 Å². The monoisotopic (exact) mass is 438 g/mol. The van der Waals surface area contributed by atoms with Gasteiger partial charge >= 0.3 is 0 Å². The summed E-state index contributed by atoms with van der Waals surface area (Å²) in [5.74, 6) is 1.51. The second-order valence-corrected chi connectivity index (χ2v) is 9.61. The van der Waals surface area contributed by atoms with Gasteiger partial charge in [-0.25, -0.2) is 14.5 Å². The zero-order valence-electron chi connectivity index (χ0n) is 16.9. The van der Waals surface area contributed by atoms with Gasteiger partial charge in [-0.1, -0.05) is 23.9 Å². The minimum atomic E-state index is 0.141. The Balaban J connectivity index is 1.18. The summed E-state index contributed by atoms with van der Waals surface area (Å²) >= 11 is 3.16. The third-order valence-corrected chi connectivity index (χ3v) is 7.45. The molecule has 0 spiro atoms. The summed E-state index contributed by atoms with van der Waals surface area (Å²) in [7, 11) is 0. The number of para-hydroxylation sites is 1. The van der Waals surface area contributed by atoms with Crippen LogP contribution in [0.15, 0.2) is 35.5 Å². The standard InChI is InChI=1S/C21H22N6OS2/c1-13-11-14(2)27-20(22-13)24-21(25-27)29-12-18(28)26-9-7-15(8-10-26)19-23-16-5-3-4-6-17(16)30-19/h3-6,11,15H,7-10,12H2,1-2H3. The normalized spacial score (nSPS) is 15.3. The molecule has 4 aromatic rings. The number of fused-ring (bicyclic) bond motifs is 2. The van der Waals surface area contributed by atoms with E-state index < -0.39 is 0 Å². The summed E-state index contributed by atoms with van der Waals surface area (Å²) in [6.45, 7) is 5.47. The highest BCUT2D eigenvalue weighted by Crippen LogP contribution is 2.34. The molecule has 1 aliphatic rings. The van der Waals surface area contributed by atoms with Crippen molar-refractivity contribution in [2.24, 2.45) is 0 Å². The predicted molar refractivity (Wildman–Crippen MR) is 119 cm³/mol. The van der Waals surface area contributed by atoms with Gasteiger partial charge in [0, 0.05) is 30.4 Å². The van der Waals surface area contributed by atoms with Gasteiger partial charge in [-0.2, -0.15) is 4.98 Å². The average molecular weight is 439 g/mol. The number of carbonyl (C=O) groups excluding carboxylic acids is 1. The van der Waals surface area contributed by atoms with Gasteiger partial charge in [0.2, 0.25) is 11.1 Å². The Kier molecular flexibility index (Phi) is 5.16. The van der Waals surface area contributed by atoms with Gasteiger partial charge in [-0.3, -0.25) is 4.79 Å². The number of aryl methyl sites for hydroxylation is 2. The number of thiazole rings is 1. The van der Waals surface area contributed by atoms with Crippen molar-refractivity contribution in [3.8, 4) is 0 Å². The van der Waals surface area contributed by atoms with Crippen molar-refractivity contribution in [1.82, 2.24) is 29.5 Å². The van der Waals surface area contributed by atoms with Crippen LogP contribution < -0.4 is 0 Å². The maximum Gasteiger partial charge on any atom is 0.253 e. The molecule has 5 rings (SSSR count). The number of thioether (sulfide) groups is 1. The van der Waals surface area contributed by atoms with E-state index in [4.69, 9.17) is 4.98 Å². The molecule has 4 heterocycles. The largest absolute Gasteiger partial charge is 0.342 e. The number of likely N-dealkylation sites (tertiary alicyclic amines) is 1. The number of rotatable bonds is 4. The van der Waals surface area contributed by atoms with Crippen LogP contribution in [-0.2, 0) is 4.79 Å². The number of aromatic nitrogens is 5. The maximum absolute atomic E-state index is 12.7. The molecular formula is C21H22N6OS2. The molecule has 1 saturated heterocycles. The van der Waals surface area contributed by atoms with Crippen LogP contribution in [0.3, 0.4) is 0 Å². The van der Waals surface area contributed by atoms with Crippen molar-refractivity contribution in [2.45, 2.75) is 37.8 Å². The predicted octanol–water partition coefficient (Wildman–Crippen LogP) is 3.85. The fraction of sp³-hybridized carbons (Fsp3) is 0.381. The van der Waals surface area contributed by atoms with Gasteiger partial charge in [0.15, 0.2) is 0 Å². The Morgan fingerprint density at radius 1 is 1.17 bits per heavy atom. The van der Waals surface area contributed by atoms with Crippen molar-refractivity contribution < 1.29 is 4.79 Å². The van der Waals surface area contributed by atoms with Crippen LogP contribution in [0.25, 0.3) is 16.0 Å². The first-order valence-electron chi connectivity index (χ1n) is 10.0. The lowest BCUT2D eigenvalue weighted by atomic mass is 9.97. The molecule has 1 fully saturated rings. The first-order valence-corrected chi connectivity index (χ1v) is 11.8. The van der Waals surface area contributed by atoms with Crippen molar-refractivity contribution in [2.75, 3.05) is 18.8 Å². The third kappa shape index (κ3) is 3.79. The highest BCUT2D eigenvalue weighted by atomic mass is 32.2. The van der Waals surface area contributed by atoms with Crippen molar-refractivity contribution >= 4 is 45.0 Å². The minimum Gasteiger partial charge on any atom is -0.342 e. The Morgan fingerprint density at radius 2 is 1.97 bits per heavy atom. The van der Waals surface area contributed by atoms with E-state index in [1.165, 1.54) is 21.5 Å². The molecule has 0 atom stereocenters. The van der Waals surface area contributed by atoms with Gasteiger partial charge in [-0.15, -0.1) is 16.4 Å². The molecule has 0 bridgehead atoms. The SMILES string of the molecule is Cc1cc(C)n2nc(SCC(=O)N3CCC(c4nc5ccccc5s4)CC3)nc2n1. The van der Waals surface area contributed by atoms with Gasteiger partial charge < -0.3 is 4.90 Å². The Hall–Kier alpha value is -2.52. The van der Waals surface area contributed by atoms with Crippen LogP contribution in [0.1, 0.15) is 35.2 Å². The molecule has 154 valence electrons. The van der Waals surface area contributed by atoms with E-state index in [1.807, 2.05) is 30.9 Å². The van der Waals surface area contributed by atoms with Crippen molar-refractivity contribution in [3.05, 3.63) is 46.7 Å². The number of amides is 1. The van der Waals surface area contributed by atoms with E-state index in [1.54, 1.807) is 15.9 Å². The smallest absolute Gasteiger partial charge is 0.253 e. The van der Waals surface area contributed by atoms with E-state index in [0.29, 0.717) is 22.6 Å². The van der Waals surface area contributed by atoms with Gasteiger partial charge in [0.1, 0.15) is 0 Å². The highest BCUT2D eigenvalue weighted by Gasteiger charge is 2.26. The molecule has 0 aliphatic carbocycles. The van der Waals surface area contributed by atoms with Crippen LogP contribution in [0.5, 0.6) is 0 Å². The van der Waals surface area contributed by atoms with E-state index >= 15 is 0 Å². The first kappa shape index (κ1) is 19.4. The highest BCUT2D eigenvalue weighted by molar-refractivity contribution is 7.99. The van der Waals surface area contributed by atoms with E-state index in [-0.39, 0.29) is 5.91 Å². The fourth-order valence-electron chi connectivity index (χ4n) is 3.87. The number of carbonyl (C=O) groups is 1. The second-order valence-electron chi connectivity index (χ2n) is 7.61. The lowest BCUT2D eigenvalue weighted by Gasteiger charge is -2.31. The average Bonchev–Trinajstić information content (AvgIpc) is 3.36. The van der Waals surface area contributed by atoms with Crippen LogP contribution >= 0.6 is 23.1 Å². The molecule has 1 aromatic carbocycles. The van der Waals surface area contributed by atoms with Crippen LogP contribution in [0.4, 0.5) is 0 Å². The maximum atomic E-state index is 12.7. The number of nitrogens with zero attached hydrogens (tertiary/aromatic N) is 6. The minimum absolute atomic E-state index is 0.141. The summed E-state index contributed by atoms with van der Waals surface area (Å²) < 4.78 is 2.96. The Labute approximate surface area is 182 Å². The molecular weight excluding hydrogens is 416 g/mol. The van der Waals surface area contributed by atoms with Gasteiger partial charge in [0.25, 0.3) is 5.78 Å². The zero-order valence-corrected chi connectivity index (χ0v) is 18.5. The summed E-state index contributed by atoms with van der Waals surface area (Å²) in [6, 6.07) is 10.2. The summed E-state index contributed by atoms with van der Waals surface area (Å²) in [6.07, 6.45) is 1.93. The van der Waals surface area contributed by atoms with Crippen LogP contribution in [-0.4, -0.2) is 54.2 Å². The fourth-order valence-corrected chi connectivity index (χ4v) is 5.72. The van der Waals surface area contributed by atoms with Gasteiger partial charge in [0.05, 0.1) is 21.0 Å². The molecule has 30 heavy (non-hydrogen) atoms. The van der Waals surface area contributed by atoms with E-state index in [2.05, 4.69) is 33.3 Å². The quantitative estimate of drug-likeness (QED) is 0.451. The lowest BCUT2D eigenvalue weighted by molar-refractivity contribution is -0.129. The zero-order chi connectivity index (χ0) is 20.7. The van der Waals surface area contributed by atoms with E-state index in [9.17, 15) is 4.79 Å². The molecule has 0 N–H and O–H groups in total. The Morgan fingerprint density at radius 3 is 2.77 bits per heavy atom. The molecule has 1 aliphatic heterocycles. The van der Waals surface area contributed by atoms with Crippen molar-refractivity contribution in [1.29, 1.82) is 0 Å². The number of hydrogen-bond donors (Lipinski definition) is 0.